The molecular weight excluding hydrogens is 397 g/mol. The summed E-state index contributed by atoms with van der Waals surface area (Å²) in [6, 6.07) is 12.7. The fourth-order valence-electron chi connectivity index (χ4n) is 3.15. The van der Waals surface area contributed by atoms with Crippen LogP contribution in [0.5, 0.6) is 5.75 Å². The maximum absolute atomic E-state index is 13.5. The van der Waals surface area contributed by atoms with E-state index < -0.39 is 27.7 Å². The van der Waals surface area contributed by atoms with E-state index in [2.05, 4.69) is 0 Å². The number of esters is 1. The fraction of sp³-hybridized carbons (Fsp3) is 0.143. The van der Waals surface area contributed by atoms with Crippen molar-refractivity contribution in [2.24, 2.45) is 0 Å². The fourth-order valence-corrected chi connectivity index (χ4v) is 4.80. The normalized spacial score (nSPS) is 11.3. The highest BCUT2D eigenvalue weighted by molar-refractivity contribution is 7.93. The molecule has 1 amide bonds. The molecule has 29 heavy (non-hydrogen) atoms. The van der Waals surface area contributed by atoms with Gasteiger partial charge in [-0.1, -0.05) is 24.3 Å². The minimum Gasteiger partial charge on any atom is -0.426 e. The van der Waals surface area contributed by atoms with Gasteiger partial charge in [0.25, 0.3) is 10.0 Å². The van der Waals surface area contributed by atoms with Gasteiger partial charge in [-0.15, -0.1) is 0 Å². The first kappa shape index (κ1) is 20.5. The molecule has 150 valence electrons. The molecule has 0 saturated carbocycles. The molecule has 6 nitrogen and oxygen atoms in total. The maximum Gasteiger partial charge on any atom is 0.308 e. The van der Waals surface area contributed by atoms with Crippen LogP contribution in [-0.2, 0) is 19.6 Å². The highest BCUT2D eigenvalue weighted by Gasteiger charge is 2.31. The van der Waals surface area contributed by atoms with E-state index in [1.165, 1.54) is 26.0 Å². The summed E-state index contributed by atoms with van der Waals surface area (Å²) >= 11 is 0. The smallest absolute Gasteiger partial charge is 0.308 e. The number of rotatable bonds is 4. The predicted octanol–water partition coefficient (Wildman–Crippen LogP) is 3.95. The first-order chi connectivity index (χ1) is 13.6. The van der Waals surface area contributed by atoms with Crippen LogP contribution in [0.15, 0.2) is 59.5 Å². The number of anilines is 1. The molecule has 0 fully saturated rings. The summed E-state index contributed by atoms with van der Waals surface area (Å²) in [6.45, 7) is 3.84. The first-order valence-corrected chi connectivity index (χ1v) is 10.1. The average molecular weight is 415 g/mol. The van der Waals surface area contributed by atoms with Crippen LogP contribution in [-0.4, -0.2) is 20.3 Å². The molecule has 3 rings (SSSR count). The number of aryl methyl sites for hydroxylation is 1. The van der Waals surface area contributed by atoms with E-state index in [-0.39, 0.29) is 21.9 Å². The Bertz CT molecular complexity index is 1240. The number of ether oxygens (including phenoxy) is 1. The molecule has 0 saturated heterocycles. The van der Waals surface area contributed by atoms with Crippen molar-refractivity contribution in [3.63, 3.8) is 0 Å². The highest BCUT2D eigenvalue weighted by atomic mass is 32.2. The Morgan fingerprint density at radius 1 is 0.966 bits per heavy atom. The molecule has 0 bridgehead atoms. The monoisotopic (exact) mass is 415 g/mol. The number of fused-ring (bicyclic) bond motifs is 1. The summed E-state index contributed by atoms with van der Waals surface area (Å²) in [5.41, 5.74) is 0.282. The third-order valence-electron chi connectivity index (χ3n) is 4.27. The molecule has 0 heterocycles. The number of nitrogens with zero attached hydrogens (tertiary/aromatic N) is 1. The first-order valence-electron chi connectivity index (χ1n) is 8.65. The van der Waals surface area contributed by atoms with Gasteiger partial charge in [0.1, 0.15) is 11.6 Å². The van der Waals surface area contributed by atoms with E-state index in [1.54, 1.807) is 24.3 Å². The molecule has 3 aromatic carbocycles. The Morgan fingerprint density at radius 2 is 1.62 bits per heavy atom. The number of hydrogen-bond acceptors (Lipinski definition) is 5. The number of carbonyl (C=O) groups is 2. The van der Waals surface area contributed by atoms with Gasteiger partial charge in [-0.05, 0) is 42.8 Å². The molecule has 0 aliphatic carbocycles. The van der Waals surface area contributed by atoms with E-state index in [1.807, 2.05) is 0 Å². The maximum atomic E-state index is 13.5. The van der Waals surface area contributed by atoms with Crippen molar-refractivity contribution in [1.82, 2.24) is 0 Å². The number of halogens is 1. The second kappa shape index (κ2) is 7.63. The molecule has 0 atom stereocenters. The van der Waals surface area contributed by atoms with E-state index in [0.29, 0.717) is 15.1 Å². The van der Waals surface area contributed by atoms with Crippen molar-refractivity contribution in [3.05, 3.63) is 66.0 Å². The van der Waals surface area contributed by atoms with Crippen molar-refractivity contribution < 1.29 is 27.1 Å². The van der Waals surface area contributed by atoms with Crippen LogP contribution in [0.3, 0.4) is 0 Å². The summed E-state index contributed by atoms with van der Waals surface area (Å²) in [7, 11) is -4.32. The summed E-state index contributed by atoms with van der Waals surface area (Å²) < 4.78 is 45.9. The molecule has 0 N–H and O–H groups in total. The Morgan fingerprint density at radius 3 is 2.21 bits per heavy atom. The van der Waals surface area contributed by atoms with Crippen LogP contribution in [0.2, 0.25) is 0 Å². The number of amides is 1. The quantitative estimate of drug-likeness (QED) is 0.476. The van der Waals surface area contributed by atoms with Crippen molar-refractivity contribution >= 4 is 38.4 Å². The van der Waals surface area contributed by atoms with Gasteiger partial charge < -0.3 is 4.74 Å². The Balaban J connectivity index is 2.27. The van der Waals surface area contributed by atoms with Crippen molar-refractivity contribution in [3.8, 4) is 5.75 Å². The number of sulfonamides is 1. The van der Waals surface area contributed by atoms with Gasteiger partial charge in [0.15, 0.2) is 0 Å². The number of carbonyl (C=O) groups excluding carboxylic acids is 2. The average Bonchev–Trinajstić information content (AvgIpc) is 2.62. The molecule has 0 unspecified atom stereocenters. The topological polar surface area (TPSA) is 80.8 Å². The van der Waals surface area contributed by atoms with Crippen molar-refractivity contribution in [2.75, 3.05) is 4.31 Å². The van der Waals surface area contributed by atoms with Gasteiger partial charge in [0.2, 0.25) is 5.91 Å². The zero-order valence-electron chi connectivity index (χ0n) is 16.0. The lowest BCUT2D eigenvalue weighted by atomic mass is 10.1. The molecule has 3 aromatic rings. The number of hydrogen-bond donors (Lipinski definition) is 0. The second-order valence-electron chi connectivity index (χ2n) is 6.42. The largest absolute Gasteiger partial charge is 0.426 e. The lowest BCUT2D eigenvalue weighted by Crippen LogP contribution is -2.35. The standard InChI is InChI=1S/C21H18FNO5S/c1-13-12-16(22)8-11-21(13)29(26,27)23(14(2)24)19-9-10-20(28-15(3)25)18-7-5-4-6-17(18)19/h4-12H,1-3H3. The molecule has 0 aliphatic heterocycles. The third kappa shape index (κ3) is 3.84. The van der Waals surface area contributed by atoms with E-state index in [4.69, 9.17) is 4.74 Å². The van der Waals surface area contributed by atoms with Crippen LogP contribution in [0, 0.1) is 12.7 Å². The summed E-state index contributed by atoms with van der Waals surface area (Å²) in [4.78, 5) is 23.6. The SMILES string of the molecule is CC(=O)Oc1ccc(N(C(C)=O)S(=O)(=O)c2ccc(F)cc2C)c2ccccc12. The molecule has 0 spiro atoms. The van der Waals surface area contributed by atoms with Gasteiger partial charge in [-0.25, -0.2) is 17.1 Å². The van der Waals surface area contributed by atoms with Gasteiger partial charge >= 0.3 is 5.97 Å². The summed E-state index contributed by atoms with van der Waals surface area (Å²) in [6.07, 6.45) is 0. The summed E-state index contributed by atoms with van der Waals surface area (Å²) in [5.74, 6) is -1.59. The molecular formula is C21H18FNO5S. The molecule has 0 radical (unpaired) electrons. The van der Waals surface area contributed by atoms with Crippen molar-refractivity contribution in [1.29, 1.82) is 0 Å². The minimum absolute atomic E-state index is 0.104. The van der Waals surface area contributed by atoms with Crippen LogP contribution in [0.4, 0.5) is 10.1 Å². The molecule has 0 aliphatic rings. The van der Waals surface area contributed by atoms with Crippen molar-refractivity contribution in [2.45, 2.75) is 25.7 Å². The van der Waals surface area contributed by atoms with Crippen LogP contribution in [0.25, 0.3) is 10.8 Å². The lowest BCUT2D eigenvalue weighted by Gasteiger charge is -2.24. The Labute approximate surface area is 167 Å². The van der Waals surface area contributed by atoms with Crippen LogP contribution in [0.1, 0.15) is 19.4 Å². The van der Waals surface area contributed by atoms with E-state index in [0.717, 1.165) is 25.1 Å². The van der Waals surface area contributed by atoms with Gasteiger partial charge in [0.05, 0.1) is 10.6 Å². The van der Waals surface area contributed by atoms with Crippen LogP contribution >= 0.6 is 0 Å². The van der Waals surface area contributed by atoms with E-state index >= 15 is 0 Å². The third-order valence-corrected chi connectivity index (χ3v) is 6.22. The zero-order valence-corrected chi connectivity index (χ0v) is 16.8. The Hall–Kier alpha value is -3.26. The predicted molar refractivity (Wildman–Crippen MR) is 107 cm³/mol. The Kier molecular flexibility index (Phi) is 5.39. The molecule has 0 aromatic heterocycles. The second-order valence-corrected chi connectivity index (χ2v) is 8.18. The zero-order chi connectivity index (χ0) is 21.3. The van der Waals surface area contributed by atoms with E-state index in [9.17, 15) is 22.4 Å². The van der Waals surface area contributed by atoms with Crippen LogP contribution < -0.4 is 9.04 Å². The van der Waals surface area contributed by atoms with Gasteiger partial charge in [-0.2, -0.15) is 0 Å². The van der Waals surface area contributed by atoms with Gasteiger partial charge in [0, 0.05) is 24.6 Å². The number of benzene rings is 3. The van der Waals surface area contributed by atoms with Gasteiger partial charge in [-0.3, -0.25) is 9.59 Å². The highest BCUT2D eigenvalue weighted by Crippen LogP contribution is 2.36. The minimum atomic E-state index is -4.32. The lowest BCUT2D eigenvalue weighted by molar-refractivity contribution is -0.131. The molecule has 8 heteroatoms. The summed E-state index contributed by atoms with van der Waals surface area (Å²) in [5, 5.41) is 0.877.